The fraction of sp³-hybridized carbons (Fsp3) is 0.579. The fourth-order valence-corrected chi connectivity index (χ4v) is 5.04. The second-order valence-electron chi connectivity index (χ2n) is 6.73. The Kier molecular flexibility index (Phi) is 7.29. The third-order valence-electron chi connectivity index (χ3n) is 4.91. The maximum Gasteiger partial charge on any atom is 0.346 e. The van der Waals surface area contributed by atoms with E-state index in [1.807, 2.05) is 13.8 Å². The molecule has 0 spiro atoms. The number of esters is 1. The zero-order valence-electron chi connectivity index (χ0n) is 16.6. The van der Waals surface area contributed by atoms with Crippen LogP contribution in [0.5, 0.6) is 11.5 Å². The Hall–Kier alpha value is -2.29. The average Bonchev–Trinajstić information content (AvgIpc) is 3.04. The summed E-state index contributed by atoms with van der Waals surface area (Å²) in [4.78, 5) is 26.9. The molecular formula is C19H27NO7S. The van der Waals surface area contributed by atoms with Crippen molar-refractivity contribution in [2.24, 2.45) is 0 Å². The van der Waals surface area contributed by atoms with E-state index < -0.39 is 34.4 Å². The van der Waals surface area contributed by atoms with Gasteiger partial charge >= 0.3 is 5.97 Å². The van der Waals surface area contributed by atoms with Crippen molar-refractivity contribution in [3.63, 3.8) is 0 Å². The highest BCUT2D eigenvalue weighted by Gasteiger charge is 2.37. The lowest BCUT2D eigenvalue weighted by Crippen LogP contribution is -2.48. The van der Waals surface area contributed by atoms with Crippen molar-refractivity contribution < 1.29 is 32.2 Å². The summed E-state index contributed by atoms with van der Waals surface area (Å²) in [5.41, 5.74) is 0.0961. The normalized spacial score (nSPS) is 18.9. The molecule has 0 radical (unpaired) electrons. The molecule has 0 bridgehead atoms. The van der Waals surface area contributed by atoms with Crippen molar-refractivity contribution in [3.05, 3.63) is 23.8 Å². The van der Waals surface area contributed by atoms with E-state index in [1.165, 1.54) is 19.1 Å². The van der Waals surface area contributed by atoms with Gasteiger partial charge in [0.15, 0.2) is 16.4 Å². The van der Waals surface area contributed by atoms with Crippen molar-refractivity contribution in [1.82, 2.24) is 4.90 Å². The van der Waals surface area contributed by atoms with Crippen LogP contribution in [0.25, 0.3) is 0 Å². The number of hydrogen-bond acceptors (Lipinski definition) is 7. The van der Waals surface area contributed by atoms with Crippen molar-refractivity contribution in [3.8, 4) is 11.5 Å². The van der Waals surface area contributed by atoms with Crippen molar-refractivity contribution in [1.29, 1.82) is 0 Å². The molecule has 1 fully saturated rings. The average molecular weight is 413 g/mol. The number of amides is 1. The van der Waals surface area contributed by atoms with Gasteiger partial charge in [0.1, 0.15) is 17.1 Å². The topological polar surface area (TPSA) is 99.2 Å². The predicted octanol–water partition coefficient (Wildman–Crippen LogP) is 1.67. The molecule has 1 aliphatic rings. The molecule has 28 heavy (non-hydrogen) atoms. The van der Waals surface area contributed by atoms with Gasteiger partial charge in [0.25, 0.3) is 5.91 Å². The first-order valence-electron chi connectivity index (χ1n) is 9.13. The molecule has 2 rings (SSSR count). The van der Waals surface area contributed by atoms with Crippen LogP contribution < -0.4 is 9.47 Å². The van der Waals surface area contributed by atoms with E-state index in [2.05, 4.69) is 0 Å². The molecule has 1 heterocycles. The van der Waals surface area contributed by atoms with Crippen LogP contribution in [0.2, 0.25) is 0 Å². The van der Waals surface area contributed by atoms with Crippen molar-refractivity contribution in [2.75, 3.05) is 32.3 Å². The minimum absolute atomic E-state index is 0.0582. The molecule has 0 aliphatic carbocycles. The highest BCUT2D eigenvalue weighted by Crippen LogP contribution is 2.29. The number of benzene rings is 1. The summed E-state index contributed by atoms with van der Waals surface area (Å²) in [5.74, 6) is -0.604. The van der Waals surface area contributed by atoms with Gasteiger partial charge in [-0.25, -0.2) is 13.2 Å². The predicted molar refractivity (Wildman–Crippen MR) is 103 cm³/mol. The van der Waals surface area contributed by atoms with Crippen LogP contribution in [0.4, 0.5) is 0 Å². The standard InChI is InChI=1S/C19H27NO7S/c1-5-13(2)20(14-9-10-28(23,24)12-14)17(21)11-27-19(22)18-15(25-3)7-6-8-16(18)26-4/h6-8,13-14H,5,9-12H2,1-4H3/t13-,14+/m1/s1. The summed E-state index contributed by atoms with van der Waals surface area (Å²) in [6.07, 6.45) is 1.06. The molecule has 8 nitrogen and oxygen atoms in total. The molecule has 0 N–H and O–H groups in total. The Morgan fingerprint density at radius 1 is 1.21 bits per heavy atom. The molecule has 1 saturated heterocycles. The summed E-state index contributed by atoms with van der Waals surface area (Å²) >= 11 is 0. The molecule has 0 unspecified atom stereocenters. The van der Waals surface area contributed by atoms with Gasteiger partial charge in [-0.2, -0.15) is 0 Å². The van der Waals surface area contributed by atoms with Gasteiger partial charge in [0, 0.05) is 12.1 Å². The number of sulfone groups is 1. The van der Waals surface area contributed by atoms with Gasteiger partial charge in [-0.3, -0.25) is 4.79 Å². The first-order chi connectivity index (χ1) is 13.2. The van der Waals surface area contributed by atoms with E-state index >= 15 is 0 Å². The SMILES string of the molecule is CC[C@@H](C)N(C(=O)COC(=O)c1c(OC)cccc1OC)[C@H]1CCS(=O)(=O)C1. The van der Waals surface area contributed by atoms with Crippen molar-refractivity contribution >= 4 is 21.7 Å². The summed E-state index contributed by atoms with van der Waals surface area (Å²) in [6, 6.07) is 4.30. The van der Waals surface area contributed by atoms with Gasteiger partial charge in [0.05, 0.1) is 25.7 Å². The summed E-state index contributed by atoms with van der Waals surface area (Å²) in [6.45, 7) is 3.29. The van der Waals surface area contributed by atoms with Crippen LogP contribution in [-0.4, -0.2) is 69.6 Å². The Balaban J connectivity index is 2.14. The van der Waals surface area contributed by atoms with Gasteiger partial charge in [0.2, 0.25) is 0 Å². The molecule has 2 atom stereocenters. The molecule has 1 aromatic rings. The molecular weight excluding hydrogens is 386 g/mol. The van der Waals surface area contributed by atoms with Crippen LogP contribution in [0.1, 0.15) is 37.0 Å². The van der Waals surface area contributed by atoms with E-state index in [-0.39, 0.29) is 34.6 Å². The van der Waals surface area contributed by atoms with Crippen LogP contribution >= 0.6 is 0 Å². The van der Waals surface area contributed by atoms with E-state index in [0.29, 0.717) is 12.8 Å². The lowest BCUT2D eigenvalue weighted by Gasteiger charge is -2.33. The summed E-state index contributed by atoms with van der Waals surface area (Å²) in [5, 5.41) is 0. The van der Waals surface area contributed by atoms with Gasteiger partial charge in [-0.05, 0) is 31.9 Å². The third kappa shape index (κ3) is 4.95. The Morgan fingerprint density at radius 3 is 2.29 bits per heavy atom. The van der Waals surface area contributed by atoms with Crippen LogP contribution in [0, 0.1) is 0 Å². The first kappa shape index (κ1) is 22.0. The fourth-order valence-electron chi connectivity index (χ4n) is 3.33. The quantitative estimate of drug-likeness (QED) is 0.598. The molecule has 1 amide bonds. The zero-order valence-corrected chi connectivity index (χ0v) is 17.5. The zero-order chi connectivity index (χ0) is 20.9. The number of ether oxygens (including phenoxy) is 3. The summed E-state index contributed by atoms with van der Waals surface area (Å²) < 4.78 is 39.2. The minimum atomic E-state index is -3.14. The smallest absolute Gasteiger partial charge is 0.346 e. The van der Waals surface area contributed by atoms with Crippen LogP contribution in [0.3, 0.4) is 0 Å². The van der Waals surface area contributed by atoms with E-state index in [1.54, 1.807) is 18.2 Å². The van der Waals surface area contributed by atoms with E-state index in [9.17, 15) is 18.0 Å². The van der Waals surface area contributed by atoms with Gasteiger partial charge in [-0.15, -0.1) is 0 Å². The van der Waals surface area contributed by atoms with Crippen molar-refractivity contribution in [2.45, 2.75) is 38.8 Å². The number of rotatable bonds is 8. The molecule has 1 aromatic carbocycles. The lowest BCUT2D eigenvalue weighted by molar-refractivity contribution is -0.138. The number of nitrogens with zero attached hydrogens (tertiary/aromatic N) is 1. The Bertz CT molecular complexity index is 799. The molecule has 9 heteroatoms. The first-order valence-corrected chi connectivity index (χ1v) is 11.0. The van der Waals surface area contributed by atoms with Gasteiger partial charge in [-0.1, -0.05) is 13.0 Å². The molecule has 0 aromatic heterocycles. The number of carbonyl (C=O) groups is 2. The number of methoxy groups -OCH3 is 2. The highest BCUT2D eigenvalue weighted by molar-refractivity contribution is 7.91. The number of carbonyl (C=O) groups excluding carboxylic acids is 2. The molecule has 0 saturated carbocycles. The summed E-state index contributed by atoms with van der Waals surface area (Å²) in [7, 11) is -0.306. The second-order valence-corrected chi connectivity index (χ2v) is 8.96. The Labute approximate surface area is 165 Å². The van der Waals surface area contributed by atoms with E-state index in [0.717, 1.165) is 0 Å². The van der Waals surface area contributed by atoms with E-state index in [4.69, 9.17) is 14.2 Å². The minimum Gasteiger partial charge on any atom is -0.496 e. The molecule has 1 aliphatic heterocycles. The second kappa shape index (κ2) is 9.27. The Morgan fingerprint density at radius 2 is 1.82 bits per heavy atom. The molecule has 156 valence electrons. The van der Waals surface area contributed by atoms with Crippen LogP contribution in [-0.2, 0) is 19.4 Å². The number of hydrogen-bond donors (Lipinski definition) is 0. The lowest BCUT2D eigenvalue weighted by atomic mass is 10.1. The third-order valence-corrected chi connectivity index (χ3v) is 6.66. The maximum atomic E-state index is 12.8. The monoisotopic (exact) mass is 413 g/mol. The van der Waals surface area contributed by atoms with Crippen LogP contribution in [0.15, 0.2) is 18.2 Å². The maximum absolute atomic E-state index is 12.8. The highest BCUT2D eigenvalue weighted by atomic mass is 32.2. The largest absolute Gasteiger partial charge is 0.496 e. The van der Waals surface area contributed by atoms with Gasteiger partial charge < -0.3 is 19.1 Å².